The van der Waals surface area contributed by atoms with E-state index >= 15 is 0 Å². The minimum Gasteiger partial charge on any atom is -0.388 e. The van der Waals surface area contributed by atoms with Crippen molar-refractivity contribution in [2.45, 2.75) is 13.3 Å². The number of hydrogen-bond donors (Lipinski definition) is 2. The van der Waals surface area contributed by atoms with Crippen LogP contribution in [0, 0.1) is 6.92 Å². The van der Waals surface area contributed by atoms with Crippen LogP contribution in [0.15, 0.2) is 36.7 Å². The van der Waals surface area contributed by atoms with Crippen molar-refractivity contribution in [1.29, 1.82) is 0 Å². The minimum atomic E-state index is 0.256. The van der Waals surface area contributed by atoms with Crippen LogP contribution < -0.4 is 11.1 Å². The summed E-state index contributed by atoms with van der Waals surface area (Å²) in [4.78, 5) is 8.59. The second-order valence-corrected chi connectivity index (χ2v) is 4.72. The molecular weight excluding hydrogens is 256 g/mol. The molecule has 1 aromatic carbocycles. The normalized spacial score (nSPS) is 10.2. The highest BCUT2D eigenvalue weighted by atomic mass is 32.1. The molecule has 19 heavy (non-hydrogen) atoms. The first-order valence-corrected chi connectivity index (χ1v) is 6.48. The molecule has 0 amide bonds. The van der Waals surface area contributed by atoms with E-state index in [9.17, 15) is 0 Å². The van der Waals surface area contributed by atoms with Gasteiger partial charge < -0.3 is 11.1 Å². The molecule has 1 heterocycles. The minimum absolute atomic E-state index is 0.256. The first-order valence-electron chi connectivity index (χ1n) is 6.07. The maximum atomic E-state index is 5.61. The molecule has 2 rings (SSSR count). The van der Waals surface area contributed by atoms with Crippen LogP contribution >= 0.6 is 12.2 Å². The van der Waals surface area contributed by atoms with E-state index in [1.165, 1.54) is 11.1 Å². The Bertz CT molecular complexity index is 583. The maximum Gasteiger partial charge on any atom is 0.155 e. The van der Waals surface area contributed by atoms with Gasteiger partial charge in [0.2, 0.25) is 0 Å². The number of aromatic nitrogens is 2. The van der Waals surface area contributed by atoms with Gasteiger partial charge in [-0.05, 0) is 18.9 Å². The Balaban J connectivity index is 1.98. The SMILES string of the molecule is Cc1cccc(CCNc2nccnc2C(N)=S)c1. The molecule has 0 aliphatic heterocycles. The Hall–Kier alpha value is -2.01. The van der Waals surface area contributed by atoms with Crippen LogP contribution in [0.25, 0.3) is 0 Å². The zero-order chi connectivity index (χ0) is 13.7. The zero-order valence-electron chi connectivity index (χ0n) is 10.8. The first-order chi connectivity index (χ1) is 9.16. The van der Waals surface area contributed by atoms with Crippen molar-refractivity contribution in [2.75, 3.05) is 11.9 Å². The lowest BCUT2D eigenvalue weighted by Crippen LogP contribution is -2.17. The van der Waals surface area contributed by atoms with E-state index < -0.39 is 0 Å². The van der Waals surface area contributed by atoms with E-state index in [1.54, 1.807) is 12.4 Å². The number of thiocarbonyl (C=S) groups is 1. The van der Waals surface area contributed by atoms with Crippen molar-refractivity contribution in [1.82, 2.24) is 9.97 Å². The van der Waals surface area contributed by atoms with Gasteiger partial charge in [0, 0.05) is 18.9 Å². The quantitative estimate of drug-likeness (QED) is 0.816. The summed E-state index contributed by atoms with van der Waals surface area (Å²) >= 11 is 4.95. The summed E-state index contributed by atoms with van der Waals surface area (Å²) in [7, 11) is 0. The van der Waals surface area contributed by atoms with Crippen LogP contribution in [0.1, 0.15) is 16.8 Å². The third kappa shape index (κ3) is 3.72. The van der Waals surface area contributed by atoms with Gasteiger partial charge in [-0.15, -0.1) is 0 Å². The second-order valence-electron chi connectivity index (χ2n) is 4.28. The van der Waals surface area contributed by atoms with Gasteiger partial charge in [-0.2, -0.15) is 0 Å². The lowest BCUT2D eigenvalue weighted by atomic mass is 10.1. The number of anilines is 1. The maximum absolute atomic E-state index is 5.61. The predicted molar refractivity (Wildman–Crippen MR) is 81.3 cm³/mol. The molecule has 0 aliphatic rings. The highest BCUT2D eigenvalue weighted by Crippen LogP contribution is 2.09. The predicted octanol–water partition coefficient (Wildman–Crippen LogP) is 2.07. The fraction of sp³-hybridized carbons (Fsp3) is 0.214. The molecule has 0 saturated heterocycles. The Morgan fingerprint density at radius 1 is 1.32 bits per heavy atom. The summed E-state index contributed by atoms with van der Waals surface area (Å²) in [5.41, 5.74) is 8.70. The summed E-state index contributed by atoms with van der Waals surface area (Å²) in [6, 6.07) is 8.44. The van der Waals surface area contributed by atoms with Gasteiger partial charge >= 0.3 is 0 Å². The number of benzene rings is 1. The first kappa shape index (κ1) is 13.4. The summed E-state index contributed by atoms with van der Waals surface area (Å²) in [5.74, 6) is 0.641. The van der Waals surface area contributed by atoms with E-state index in [4.69, 9.17) is 18.0 Å². The van der Waals surface area contributed by atoms with E-state index in [0.29, 0.717) is 11.5 Å². The second kappa shape index (κ2) is 6.24. The third-order valence-corrected chi connectivity index (χ3v) is 2.91. The molecule has 0 radical (unpaired) electrons. The van der Waals surface area contributed by atoms with E-state index in [1.807, 2.05) is 0 Å². The van der Waals surface area contributed by atoms with Gasteiger partial charge in [0.05, 0.1) is 0 Å². The molecule has 0 spiro atoms. The highest BCUT2D eigenvalue weighted by molar-refractivity contribution is 7.80. The van der Waals surface area contributed by atoms with Crippen LogP contribution in [-0.4, -0.2) is 21.5 Å². The smallest absolute Gasteiger partial charge is 0.155 e. The highest BCUT2D eigenvalue weighted by Gasteiger charge is 2.06. The fourth-order valence-corrected chi connectivity index (χ4v) is 1.99. The number of aryl methyl sites for hydroxylation is 1. The topological polar surface area (TPSA) is 63.8 Å². The fourth-order valence-electron chi connectivity index (χ4n) is 1.84. The molecule has 0 aliphatic carbocycles. The van der Waals surface area contributed by atoms with E-state index in [-0.39, 0.29) is 4.99 Å². The Kier molecular flexibility index (Phi) is 4.41. The Labute approximate surface area is 118 Å². The van der Waals surface area contributed by atoms with Crippen LogP contribution in [0.4, 0.5) is 5.82 Å². The van der Waals surface area contributed by atoms with Crippen LogP contribution in [0.5, 0.6) is 0 Å². The van der Waals surface area contributed by atoms with Crippen molar-refractivity contribution in [3.8, 4) is 0 Å². The van der Waals surface area contributed by atoms with Crippen molar-refractivity contribution >= 4 is 23.0 Å². The molecule has 0 atom stereocenters. The zero-order valence-corrected chi connectivity index (χ0v) is 11.6. The van der Waals surface area contributed by atoms with Gasteiger partial charge in [-0.3, -0.25) is 0 Å². The van der Waals surface area contributed by atoms with Crippen LogP contribution in [0.3, 0.4) is 0 Å². The van der Waals surface area contributed by atoms with Gasteiger partial charge in [0.15, 0.2) is 5.82 Å². The molecule has 0 unspecified atom stereocenters. The largest absolute Gasteiger partial charge is 0.388 e. The number of rotatable bonds is 5. The molecule has 3 N–H and O–H groups in total. The summed E-state index contributed by atoms with van der Waals surface area (Å²) < 4.78 is 0. The van der Waals surface area contributed by atoms with Gasteiger partial charge in [0.25, 0.3) is 0 Å². The Morgan fingerprint density at radius 2 is 2.11 bits per heavy atom. The third-order valence-electron chi connectivity index (χ3n) is 2.72. The summed E-state index contributed by atoms with van der Waals surface area (Å²) in [5, 5.41) is 3.22. The number of nitrogens with one attached hydrogen (secondary N) is 1. The lowest BCUT2D eigenvalue weighted by Gasteiger charge is -2.09. The molecule has 4 nitrogen and oxygen atoms in total. The van der Waals surface area contributed by atoms with Gasteiger partial charge in [0.1, 0.15) is 10.7 Å². The number of nitrogens with two attached hydrogens (primary N) is 1. The van der Waals surface area contributed by atoms with Crippen LogP contribution in [0.2, 0.25) is 0 Å². The number of nitrogens with zero attached hydrogens (tertiary/aromatic N) is 2. The summed E-state index contributed by atoms with van der Waals surface area (Å²) in [6.07, 6.45) is 4.12. The van der Waals surface area contributed by atoms with Gasteiger partial charge in [-0.1, -0.05) is 42.0 Å². The average Bonchev–Trinajstić information content (AvgIpc) is 2.39. The Morgan fingerprint density at radius 3 is 2.84 bits per heavy atom. The molecule has 0 bridgehead atoms. The van der Waals surface area contributed by atoms with Crippen molar-refractivity contribution in [3.05, 3.63) is 53.5 Å². The van der Waals surface area contributed by atoms with Crippen molar-refractivity contribution in [3.63, 3.8) is 0 Å². The number of hydrogen-bond acceptors (Lipinski definition) is 4. The van der Waals surface area contributed by atoms with E-state index in [2.05, 4.69) is 46.5 Å². The van der Waals surface area contributed by atoms with Gasteiger partial charge in [-0.25, -0.2) is 9.97 Å². The molecule has 98 valence electrons. The van der Waals surface area contributed by atoms with Crippen molar-refractivity contribution < 1.29 is 0 Å². The lowest BCUT2D eigenvalue weighted by molar-refractivity contribution is 0.995. The summed E-state index contributed by atoms with van der Waals surface area (Å²) in [6.45, 7) is 2.85. The van der Waals surface area contributed by atoms with E-state index in [0.717, 1.165) is 13.0 Å². The monoisotopic (exact) mass is 272 g/mol. The molecular formula is C14H16N4S. The molecule has 0 fully saturated rings. The standard InChI is InChI=1S/C14H16N4S/c1-10-3-2-4-11(9-10)5-6-17-14-12(13(15)19)16-7-8-18-14/h2-4,7-9H,5-6H2,1H3,(H2,15,19)(H,17,18). The molecule has 2 aromatic rings. The molecule has 1 aromatic heterocycles. The average molecular weight is 272 g/mol. The van der Waals surface area contributed by atoms with Crippen LogP contribution in [-0.2, 0) is 6.42 Å². The molecule has 5 heteroatoms. The molecule has 0 saturated carbocycles. The van der Waals surface area contributed by atoms with Crippen molar-refractivity contribution in [2.24, 2.45) is 5.73 Å².